The van der Waals surface area contributed by atoms with Crippen molar-refractivity contribution in [3.05, 3.63) is 46.7 Å². The van der Waals surface area contributed by atoms with Gasteiger partial charge in [-0.3, -0.25) is 19.4 Å². The first-order valence-corrected chi connectivity index (χ1v) is 12.8. The van der Waals surface area contributed by atoms with Crippen LogP contribution >= 0.6 is 11.6 Å². The molecular weight excluding hydrogens is 512 g/mol. The van der Waals surface area contributed by atoms with Gasteiger partial charge in [-0.05, 0) is 26.2 Å². The highest BCUT2D eigenvalue weighted by Crippen LogP contribution is 2.40. The van der Waals surface area contributed by atoms with Crippen LogP contribution in [0.4, 0.5) is 10.5 Å². The van der Waals surface area contributed by atoms with Crippen LogP contribution in [0.3, 0.4) is 0 Å². The Kier molecular flexibility index (Phi) is 8.48. The summed E-state index contributed by atoms with van der Waals surface area (Å²) in [5.41, 5.74) is 7.63. The van der Waals surface area contributed by atoms with Gasteiger partial charge in [0.05, 0.1) is 35.2 Å². The molecule has 1 saturated heterocycles. The number of ether oxygens (including phenoxy) is 2. The average molecular weight is 543 g/mol. The Hall–Kier alpha value is -3.70. The topological polar surface area (TPSA) is 138 Å². The van der Waals surface area contributed by atoms with Crippen LogP contribution in [0.15, 0.2) is 34.1 Å². The van der Waals surface area contributed by atoms with Gasteiger partial charge >= 0.3 is 6.09 Å². The first kappa shape index (κ1) is 27.3. The van der Waals surface area contributed by atoms with Crippen molar-refractivity contribution in [3.63, 3.8) is 0 Å². The number of hydrogen-bond acceptors (Lipinski definition) is 9. The second-order valence-electron chi connectivity index (χ2n) is 8.83. The monoisotopic (exact) mass is 542 g/mol. The third-order valence-corrected chi connectivity index (χ3v) is 6.64. The summed E-state index contributed by atoms with van der Waals surface area (Å²) in [4.78, 5) is 37.5. The summed E-state index contributed by atoms with van der Waals surface area (Å²) in [7, 11) is 3.30. The molecule has 1 aliphatic heterocycles. The predicted molar refractivity (Wildman–Crippen MR) is 145 cm³/mol. The van der Waals surface area contributed by atoms with Gasteiger partial charge in [0.2, 0.25) is 11.5 Å². The Morgan fingerprint density at radius 3 is 2.82 bits per heavy atom. The number of aryl methyl sites for hydroxylation is 1. The molecule has 0 aliphatic carbocycles. The molecule has 4 heterocycles. The second kappa shape index (κ2) is 11.8. The van der Waals surface area contributed by atoms with Gasteiger partial charge in [0.1, 0.15) is 11.2 Å². The highest BCUT2D eigenvalue weighted by atomic mass is 35.5. The Morgan fingerprint density at radius 2 is 2.18 bits per heavy atom. The fraction of sp³-hybridized carbons (Fsp3) is 0.423. The molecule has 2 atom stereocenters. The Bertz CT molecular complexity index is 1390. The summed E-state index contributed by atoms with van der Waals surface area (Å²) >= 11 is 6.55. The fourth-order valence-electron chi connectivity index (χ4n) is 4.55. The smallest absolute Gasteiger partial charge is 0.414 e. The summed E-state index contributed by atoms with van der Waals surface area (Å²) in [6.07, 6.45) is 7.09. The van der Waals surface area contributed by atoms with Crippen molar-refractivity contribution < 1.29 is 23.5 Å². The minimum Gasteiger partial charge on any atom is -0.449 e. The lowest BCUT2D eigenvalue weighted by molar-refractivity contribution is 0.00467. The largest absolute Gasteiger partial charge is 0.449 e. The van der Waals surface area contributed by atoms with Crippen LogP contribution < -0.4 is 10.6 Å². The van der Waals surface area contributed by atoms with Crippen molar-refractivity contribution in [2.75, 3.05) is 25.2 Å². The number of fused-ring (bicyclic) bond motifs is 1. The highest BCUT2D eigenvalue weighted by molar-refractivity contribution is 6.34. The Labute approximate surface area is 225 Å². The molecule has 202 valence electrons. The molecule has 3 aromatic heterocycles. The van der Waals surface area contributed by atoms with Crippen LogP contribution in [0.2, 0.25) is 5.02 Å². The van der Waals surface area contributed by atoms with Gasteiger partial charge in [-0.1, -0.05) is 18.5 Å². The number of carbonyl (C=O) groups is 2. The van der Waals surface area contributed by atoms with Crippen molar-refractivity contribution in [1.82, 2.24) is 14.8 Å². The van der Waals surface area contributed by atoms with E-state index < -0.39 is 11.9 Å². The molecular formula is C26H31ClN6O5. The number of halogens is 1. The van der Waals surface area contributed by atoms with E-state index in [9.17, 15) is 9.59 Å². The fourth-order valence-corrected chi connectivity index (χ4v) is 4.80. The number of amides is 1. The third kappa shape index (κ3) is 5.30. The van der Waals surface area contributed by atoms with Crippen molar-refractivity contribution >= 4 is 52.1 Å². The number of carbonyl (C=O) groups excluding carboxylic acids is 2. The summed E-state index contributed by atoms with van der Waals surface area (Å²) in [5.74, 6) is -0.523. The van der Waals surface area contributed by atoms with E-state index in [1.165, 1.54) is 28.2 Å². The SMILES string of the molecule is CCOC(=O)N(c1c(C(=O)c2cnn(C)c2)oc2cc(Cl)c(/C(C=NC)=C/N)nc12)C1CCOC(CC)C1. The molecule has 12 heteroatoms. The van der Waals surface area contributed by atoms with E-state index in [1.54, 1.807) is 33.3 Å². The van der Waals surface area contributed by atoms with E-state index in [-0.39, 0.29) is 46.3 Å². The van der Waals surface area contributed by atoms with Gasteiger partial charge in [-0.25, -0.2) is 9.78 Å². The lowest BCUT2D eigenvalue weighted by Crippen LogP contribution is -2.46. The van der Waals surface area contributed by atoms with E-state index >= 15 is 0 Å². The zero-order valence-electron chi connectivity index (χ0n) is 21.8. The van der Waals surface area contributed by atoms with Crippen molar-refractivity contribution in [2.45, 2.75) is 45.3 Å². The van der Waals surface area contributed by atoms with Gasteiger partial charge in [0.25, 0.3) is 0 Å². The number of nitrogens with two attached hydrogens (primary N) is 1. The molecule has 1 fully saturated rings. The quantitative estimate of drug-likeness (QED) is 0.327. The van der Waals surface area contributed by atoms with Crippen LogP contribution in [-0.4, -0.2) is 65.3 Å². The van der Waals surface area contributed by atoms with Gasteiger partial charge in [-0.2, -0.15) is 5.10 Å². The number of aromatic nitrogens is 3. The van der Waals surface area contributed by atoms with Crippen LogP contribution in [0.5, 0.6) is 0 Å². The molecule has 0 aromatic carbocycles. The molecule has 38 heavy (non-hydrogen) atoms. The summed E-state index contributed by atoms with van der Waals surface area (Å²) in [5, 5.41) is 4.35. The second-order valence-corrected chi connectivity index (χ2v) is 9.24. The van der Waals surface area contributed by atoms with E-state index in [1.807, 2.05) is 6.92 Å². The maximum absolute atomic E-state index is 13.7. The zero-order valence-corrected chi connectivity index (χ0v) is 22.6. The zero-order chi connectivity index (χ0) is 27.4. The number of furan rings is 1. The normalized spacial score (nSPS) is 18.3. The van der Waals surface area contributed by atoms with E-state index in [0.29, 0.717) is 36.3 Å². The molecule has 4 rings (SSSR count). The van der Waals surface area contributed by atoms with Gasteiger partial charge < -0.3 is 19.6 Å². The predicted octanol–water partition coefficient (Wildman–Crippen LogP) is 4.37. The van der Waals surface area contributed by atoms with Crippen LogP contribution in [0, 0.1) is 0 Å². The maximum Gasteiger partial charge on any atom is 0.414 e. The Balaban J connectivity index is 2.00. The number of nitrogens with zero attached hydrogens (tertiary/aromatic N) is 5. The van der Waals surface area contributed by atoms with E-state index in [2.05, 4.69) is 10.1 Å². The first-order valence-electron chi connectivity index (χ1n) is 12.4. The van der Waals surface area contributed by atoms with Gasteiger partial charge in [0.15, 0.2) is 5.58 Å². The number of ketones is 1. The number of hydrogen-bond donors (Lipinski definition) is 1. The van der Waals surface area contributed by atoms with E-state index in [0.717, 1.165) is 6.42 Å². The van der Waals surface area contributed by atoms with Crippen LogP contribution in [-0.2, 0) is 16.5 Å². The molecule has 11 nitrogen and oxygen atoms in total. The number of rotatable bonds is 8. The molecule has 0 bridgehead atoms. The third-order valence-electron chi connectivity index (χ3n) is 6.35. The molecule has 0 radical (unpaired) electrons. The van der Waals surface area contributed by atoms with Gasteiger partial charge in [0, 0.05) is 57.0 Å². The highest BCUT2D eigenvalue weighted by Gasteiger charge is 2.38. The minimum atomic E-state index is -0.611. The number of allylic oxidation sites excluding steroid dienone is 1. The molecule has 3 aromatic rings. The lowest BCUT2D eigenvalue weighted by atomic mass is 9.99. The van der Waals surface area contributed by atoms with Crippen molar-refractivity contribution in [2.24, 2.45) is 17.8 Å². The minimum absolute atomic E-state index is 0.0492. The van der Waals surface area contributed by atoms with Crippen molar-refractivity contribution in [3.8, 4) is 0 Å². The number of pyridine rings is 1. The molecule has 1 amide bonds. The summed E-state index contributed by atoms with van der Waals surface area (Å²) in [6, 6.07) is 1.23. The standard InChI is InChI=1S/C26H31ClN6O5/c1-5-18-9-17(7-8-37-18)33(26(35)36-6-2)23-22-20(10-19(27)21(31-22)15(11-28)12-29-3)38-25(23)24(34)16-13-30-32(4)14-16/h10-14,17-18H,5-9,28H2,1-4H3/b15-11+,29-12?. The average Bonchev–Trinajstić information content (AvgIpc) is 3.50. The molecule has 2 N–H and O–H groups in total. The van der Waals surface area contributed by atoms with Crippen LogP contribution in [0.1, 0.15) is 54.9 Å². The lowest BCUT2D eigenvalue weighted by Gasteiger charge is -2.36. The van der Waals surface area contributed by atoms with Crippen LogP contribution in [0.25, 0.3) is 16.7 Å². The molecule has 1 aliphatic rings. The van der Waals surface area contributed by atoms with Crippen molar-refractivity contribution in [1.29, 1.82) is 0 Å². The summed E-state index contributed by atoms with van der Waals surface area (Å²) < 4.78 is 18.9. The number of aliphatic imine (C=N–C) groups is 1. The molecule has 0 saturated carbocycles. The first-order chi connectivity index (χ1) is 18.3. The summed E-state index contributed by atoms with van der Waals surface area (Å²) in [6.45, 7) is 4.36. The molecule has 2 unspecified atom stereocenters. The Morgan fingerprint density at radius 1 is 1.39 bits per heavy atom. The number of anilines is 1. The molecule has 0 spiro atoms. The maximum atomic E-state index is 13.7. The van der Waals surface area contributed by atoms with E-state index in [4.69, 9.17) is 36.2 Å². The van der Waals surface area contributed by atoms with Gasteiger partial charge in [-0.15, -0.1) is 0 Å².